The standard InChI is InChI=1S/C10H9N3O4/c1-6-9(14)12(10(15)11-6)7-3-2-4-8(5-7)13(16)17/h2-6H,1H3,(H,11,15). The number of hydrogen-bond donors (Lipinski definition) is 1. The number of benzene rings is 1. The fourth-order valence-electron chi connectivity index (χ4n) is 1.60. The van der Waals surface area contributed by atoms with Crippen molar-refractivity contribution in [3.05, 3.63) is 34.4 Å². The van der Waals surface area contributed by atoms with Gasteiger partial charge in [-0.3, -0.25) is 14.9 Å². The molecule has 1 saturated heterocycles. The molecule has 1 fully saturated rings. The largest absolute Gasteiger partial charge is 0.329 e. The number of nitro benzene ring substituents is 1. The zero-order chi connectivity index (χ0) is 12.6. The van der Waals surface area contributed by atoms with Crippen molar-refractivity contribution in [2.75, 3.05) is 4.90 Å². The van der Waals surface area contributed by atoms with Crippen molar-refractivity contribution in [2.24, 2.45) is 0 Å². The van der Waals surface area contributed by atoms with Crippen molar-refractivity contribution in [1.82, 2.24) is 5.32 Å². The van der Waals surface area contributed by atoms with E-state index in [-0.39, 0.29) is 11.4 Å². The van der Waals surface area contributed by atoms with Crippen molar-refractivity contribution in [3.63, 3.8) is 0 Å². The first-order valence-corrected chi connectivity index (χ1v) is 4.89. The van der Waals surface area contributed by atoms with Crippen LogP contribution in [0.4, 0.5) is 16.2 Å². The van der Waals surface area contributed by atoms with Crippen molar-refractivity contribution in [1.29, 1.82) is 0 Å². The first-order valence-electron chi connectivity index (χ1n) is 4.89. The zero-order valence-corrected chi connectivity index (χ0v) is 8.91. The van der Waals surface area contributed by atoms with E-state index in [2.05, 4.69) is 5.32 Å². The molecule has 17 heavy (non-hydrogen) atoms. The summed E-state index contributed by atoms with van der Waals surface area (Å²) in [5.41, 5.74) is 0.0358. The topological polar surface area (TPSA) is 92.6 Å². The van der Waals surface area contributed by atoms with Crippen molar-refractivity contribution >= 4 is 23.3 Å². The van der Waals surface area contributed by atoms with Gasteiger partial charge in [-0.2, -0.15) is 0 Å². The van der Waals surface area contributed by atoms with E-state index in [1.807, 2.05) is 0 Å². The second-order valence-electron chi connectivity index (χ2n) is 3.62. The summed E-state index contributed by atoms with van der Waals surface area (Å²) in [5, 5.41) is 13.0. The lowest BCUT2D eigenvalue weighted by molar-refractivity contribution is -0.384. The molecule has 1 aromatic carbocycles. The van der Waals surface area contributed by atoms with Gasteiger partial charge in [0.2, 0.25) is 0 Å². The Morgan fingerprint density at radius 3 is 2.65 bits per heavy atom. The Hall–Kier alpha value is -2.44. The van der Waals surface area contributed by atoms with Crippen LogP contribution >= 0.6 is 0 Å². The van der Waals surface area contributed by atoms with Gasteiger partial charge in [-0.1, -0.05) is 6.07 Å². The van der Waals surface area contributed by atoms with E-state index in [0.29, 0.717) is 0 Å². The Bertz CT molecular complexity index is 514. The van der Waals surface area contributed by atoms with Gasteiger partial charge < -0.3 is 5.32 Å². The second kappa shape index (κ2) is 3.85. The van der Waals surface area contributed by atoms with E-state index in [0.717, 1.165) is 4.90 Å². The van der Waals surface area contributed by atoms with Crippen molar-refractivity contribution < 1.29 is 14.5 Å². The zero-order valence-electron chi connectivity index (χ0n) is 8.91. The predicted molar refractivity (Wildman–Crippen MR) is 58.6 cm³/mol. The number of nitrogens with zero attached hydrogens (tertiary/aromatic N) is 2. The molecule has 3 amide bonds. The monoisotopic (exact) mass is 235 g/mol. The van der Waals surface area contributed by atoms with Crippen LogP contribution in [-0.2, 0) is 4.79 Å². The number of carbonyl (C=O) groups excluding carboxylic acids is 2. The number of urea groups is 1. The average Bonchev–Trinajstić information content (AvgIpc) is 2.53. The summed E-state index contributed by atoms with van der Waals surface area (Å²) in [6, 6.07) is 4.21. The molecule has 0 bridgehead atoms. The third-order valence-electron chi connectivity index (χ3n) is 2.43. The molecule has 1 aliphatic rings. The summed E-state index contributed by atoms with van der Waals surface area (Å²) in [7, 11) is 0. The molecule has 1 aromatic rings. The molecule has 88 valence electrons. The maximum Gasteiger partial charge on any atom is 0.329 e. The van der Waals surface area contributed by atoms with Gasteiger partial charge in [0.05, 0.1) is 10.6 Å². The molecule has 0 saturated carbocycles. The van der Waals surface area contributed by atoms with Gasteiger partial charge in [-0.15, -0.1) is 0 Å². The van der Waals surface area contributed by atoms with Gasteiger partial charge in [0.25, 0.3) is 11.6 Å². The maximum absolute atomic E-state index is 11.7. The Balaban J connectivity index is 2.40. The molecule has 7 nitrogen and oxygen atoms in total. The summed E-state index contributed by atoms with van der Waals surface area (Å²) >= 11 is 0. The highest BCUT2D eigenvalue weighted by molar-refractivity contribution is 6.21. The summed E-state index contributed by atoms with van der Waals surface area (Å²) in [6.45, 7) is 1.55. The predicted octanol–water partition coefficient (Wildman–Crippen LogP) is 1.04. The Morgan fingerprint density at radius 1 is 1.41 bits per heavy atom. The molecule has 0 aromatic heterocycles. The quantitative estimate of drug-likeness (QED) is 0.471. The fraction of sp³-hybridized carbons (Fsp3) is 0.200. The highest BCUT2D eigenvalue weighted by Crippen LogP contribution is 2.23. The molecule has 1 heterocycles. The summed E-state index contributed by atoms with van der Waals surface area (Å²) < 4.78 is 0. The number of non-ortho nitro benzene ring substituents is 1. The van der Waals surface area contributed by atoms with E-state index in [1.54, 1.807) is 6.92 Å². The molecule has 0 spiro atoms. The molecule has 0 aliphatic carbocycles. The minimum Gasteiger partial charge on any atom is -0.326 e. The summed E-state index contributed by atoms with van der Waals surface area (Å²) in [4.78, 5) is 34.1. The maximum atomic E-state index is 11.7. The third kappa shape index (κ3) is 1.82. The molecule has 1 atom stereocenters. The van der Waals surface area contributed by atoms with E-state index in [9.17, 15) is 19.7 Å². The van der Waals surface area contributed by atoms with Gasteiger partial charge in [0, 0.05) is 12.1 Å². The molecule has 1 aliphatic heterocycles. The van der Waals surface area contributed by atoms with E-state index < -0.39 is 22.9 Å². The Labute approximate surface area is 96.2 Å². The molecular weight excluding hydrogens is 226 g/mol. The second-order valence-corrected chi connectivity index (χ2v) is 3.62. The van der Waals surface area contributed by atoms with Gasteiger partial charge in [-0.05, 0) is 13.0 Å². The number of imide groups is 1. The molecule has 0 radical (unpaired) electrons. The van der Waals surface area contributed by atoms with Crippen molar-refractivity contribution in [2.45, 2.75) is 13.0 Å². The van der Waals surface area contributed by atoms with E-state index >= 15 is 0 Å². The minimum absolute atomic E-state index is 0.164. The lowest BCUT2D eigenvalue weighted by Gasteiger charge is -2.11. The van der Waals surface area contributed by atoms with Crippen LogP contribution in [0.15, 0.2) is 24.3 Å². The van der Waals surface area contributed by atoms with Gasteiger partial charge in [-0.25, -0.2) is 9.69 Å². The third-order valence-corrected chi connectivity index (χ3v) is 2.43. The number of carbonyl (C=O) groups is 2. The van der Waals surface area contributed by atoms with Gasteiger partial charge in [0.15, 0.2) is 0 Å². The number of hydrogen-bond acceptors (Lipinski definition) is 4. The lowest BCUT2D eigenvalue weighted by Crippen LogP contribution is -2.30. The first kappa shape index (κ1) is 11.1. The highest BCUT2D eigenvalue weighted by Gasteiger charge is 2.36. The summed E-state index contributed by atoms with van der Waals surface area (Å²) in [6.07, 6.45) is 0. The van der Waals surface area contributed by atoms with Crippen LogP contribution in [0.5, 0.6) is 0 Å². The Kier molecular flexibility index (Phi) is 2.51. The van der Waals surface area contributed by atoms with Crippen molar-refractivity contribution in [3.8, 4) is 0 Å². The lowest BCUT2D eigenvalue weighted by atomic mass is 10.2. The highest BCUT2D eigenvalue weighted by atomic mass is 16.6. The van der Waals surface area contributed by atoms with E-state index in [1.165, 1.54) is 24.3 Å². The van der Waals surface area contributed by atoms with Crippen LogP contribution in [0.2, 0.25) is 0 Å². The average molecular weight is 235 g/mol. The molecule has 1 unspecified atom stereocenters. The molecule has 7 heteroatoms. The van der Waals surface area contributed by atoms with Gasteiger partial charge >= 0.3 is 6.03 Å². The number of nitrogens with one attached hydrogen (secondary N) is 1. The van der Waals surface area contributed by atoms with Crippen LogP contribution in [-0.4, -0.2) is 22.9 Å². The number of anilines is 1. The van der Waals surface area contributed by atoms with Crippen LogP contribution in [0.1, 0.15) is 6.92 Å². The van der Waals surface area contributed by atoms with Crippen LogP contribution in [0.25, 0.3) is 0 Å². The molecule has 2 rings (SSSR count). The number of nitro groups is 1. The van der Waals surface area contributed by atoms with E-state index in [4.69, 9.17) is 0 Å². The molecule has 1 N–H and O–H groups in total. The first-order chi connectivity index (χ1) is 8.00. The molecular formula is C10H9N3O4. The van der Waals surface area contributed by atoms with Crippen LogP contribution in [0.3, 0.4) is 0 Å². The Morgan fingerprint density at radius 2 is 2.12 bits per heavy atom. The number of amides is 3. The fourth-order valence-corrected chi connectivity index (χ4v) is 1.60. The smallest absolute Gasteiger partial charge is 0.326 e. The van der Waals surface area contributed by atoms with Crippen LogP contribution < -0.4 is 10.2 Å². The van der Waals surface area contributed by atoms with Crippen LogP contribution in [0, 0.1) is 10.1 Å². The number of rotatable bonds is 2. The normalized spacial score (nSPS) is 19.4. The summed E-state index contributed by atoms with van der Waals surface area (Å²) in [5.74, 6) is -0.421. The minimum atomic E-state index is -0.609. The SMILES string of the molecule is CC1NC(=O)N(c2cccc([N+](=O)[O-])c2)C1=O. The van der Waals surface area contributed by atoms with Gasteiger partial charge in [0.1, 0.15) is 6.04 Å².